The van der Waals surface area contributed by atoms with Crippen LogP contribution in [0, 0.1) is 0 Å². The average Bonchev–Trinajstić information content (AvgIpc) is 2.18. The minimum absolute atomic E-state index is 0. The first-order chi connectivity index (χ1) is 7.77. The van der Waals surface area contributed by atoms with Crippen LogP contribution in [0.15, 0.2) is 6.07 Å². The molecule has 0 atom stereocenters. The molecule has 0 unspecified atom stereocenters. The van der Waals surface area contributed by atoms with Gasteiger partial charge in [-0.1, -0.05) is 23.2 Å². The molecule has 0 heterocycles. The van der Waals surface area contributed by atoms with Gasteiger partial charge in [-0.25, -0.2) is 14.4 Å². The lowest BCUT2D eigenvalue weighted by molar-refractivity contribution is 0.0649. The molecule has 3 N–H and O–H groups in total. The number of hydrogen-bond donors (Lipinski definition) is 3. The highest BCUT2D eigenvalue weighted by molar-refractivity contribution is 6.40. The molecule has 0 spiro atoms. The first kappa shape index (κ1) is 24.1. The van der Waals surface area contributed by atoms with E-state index in [9.17, 15) is 14.4 Å². The Kier molecular flexibility index (Phi) is 11.0. The third kappa shape index (κ3) is 4.57. The molecule has 1 rings (SSSR count). The molecule has 20 heavy (non-hydrogen) atoms. The molecule has 0 amide bonds. The molecule has 0 fully saturated rings. The molecule has 0 radical (unpaired) electrons. The molecule has 0 aliphatic rings. The standard InChI is InChI=1S/C9H4Cl2O6.3ClH/c10-3-1-2(7(12)13)6(11)5(9(16)17)4(3)8(14)15;;;/h1H,(H,12,13)(H,14,15)(H,16,17);3*1H. The van der Waals surface area contributed by atoms with Crippen LogP contribution < -0.4 is 0 Å². The van der Waals surface area contributed by atoms with Gasteiger partial charge in [0, 0.05) is 0 Å². The van der Waals surface area contributed by atoms with Crippen molar-refractivity contribution < 1.29 is 29.7 Å². The number of carboxylic acid groups (broad SMARTS) is 3. The van der Waals surface area contributed by atoms with E-state index < -0.39 is 44.6 Å². The van der Waals surface area contributed by atoms with E-state index in [0.29, 0.717) is 0 Å². The summed E-state index contributed by atoms with van der Waals surface area (Å²) in [6, 6.07) is 0.794. The Morgan fingerprint density at radius 1 is 0.800 bits per heavy atom. The predicted octanol–water partition coefficient (Wildman–Crippen LogP) is 3.35. The normalized spacial score (nSPS) is 8.50. The van der Waals surface area contributed by atoms with Crippen molar-refractivity contribution >= 4 is 78.3 Å². The molecule has 1 aromatic rings. The molecular weight excluding hydrogens is 381 g/mol. The van der Waals surface area contributed by atoms with Gasteiger partial charge in [-0.15, -0.1) is 37.2 Å². The molecular formula is C9H7Cl5O6. The fourth-order valence-corrected chi connectivity index (χ4v) is 1.79. The average molecular weight is 388 g/mol. The molecule has 6 nitrogen and oxygen atoms in total. The van der Waals surface area contributed by atoms with Crippen LogP contribution in [-0.2, 0) is 0 Å². The van der Waals surface area contributed by atoms with Crippen molar-refractivity contribution in [2.24, 2.45) is 0 Å². The highest BCUT2D eigenvalue weighted by Gasteiger charge is 2.27. The minimum Gasteiger partial charge on any atom is -0.478 e. The van der Waals surface area contributed by atoms with Crippen molar-refractivity contribution in [2.75, 3.05) is 0 Å². The highest BCUT2D eigenvalue weighted by atomic mass is 35.5. The topological polar surface area (TPSA) is 112 Å². The van der Waals surface area contributed by atoms with E-state index >= 15 is 0 Å². The Morgan fingerprint density at radius 2 is 1.20 bits per heavy atom. The lowest BCUT2D eigenvalue weighted by Crippen LogP contribution is -2.13. The second kappa shape index (κ2) is 9.10. The van der Waals surface area contributed by atoms with Crippen LogP contribution in [0.25, 0.3) is 0 Å². The summed E-state index contributed by atoms with van der Waals surface area (Å²) in [6.45, 7) is 0. The van der Waals surface area contributed by atoms with Crippen LogP contribution in [0.1, 0.15) is 31.1 Å². The van der Waals surface area contributed by atoms with Crippen LogP contribution in [0.2, 0.25) is 10.0 Å². The van der Waals surface area contributed by atoms with E-state index in [-0.39, 0.29) is 37.2 Å². The zero-order valence-electron chi connectivity index (χ0n) is 9.12. The van der Waals surface area contributed by atoms with E-state index in [2.05, 4.69) is 0 Å². The molecule has 0 aliphatic carbocycles. The Bertz CT molecular complexity index is 544. The molecule has 0 saturated heterocycles. The quantitative estimate of drug-likeness (QED) is 0.732. The van der Waals surface area contributed by atoms with Gasteiger partial charge >= 0.3 is 17.9 Å². The van der Waals surface area contributed by atoms with Gasteiger partial charge in [-0.3, -0.25) is 0 Å². The predicted molar refractivity (Wildman–Crippen MR) is 79.1 cm³/mol. The van der Waals surface area contributed by atoms with Crippen molar-refractivity contribution in [3.05, 3.63) is 32.8 Å². The minimum atomic E-state index is -1.67. The maximum atomic E-state index is 10.9. The van der Waals surface area contributed by atoms with E-state index in [1.54, 1.807) is 0 Å². The number of carboxylic acids is 3. The van der Waals surface area contributed by atoms with Crippen LogP contribution in [0.3, 0.4) is 0 Å². The van der Waals surface area contributed by atoms with E-state index in [4.69, 9.17) is 38.5 Å². The molecule has 1 aromatic carbocycles. The molecule has 0 saturated carbocycles. The summed E-state index contributed by atoms with van der Waals surface area (Å²) in [5, 5.41) is 25.2. The summed E-state index contributed by atoms with van der Waals surface area (Å²) in [5.41, 5.74) is -2.16. The molecule has 0 aromatic heterocycles. The number of rotatable bonds is 3. The summed E-state index contributed by atoms with van der Waals surface area (Å²) < 4.78 is 0. The summed E-state index contributed by atoms with van der Waals surface area (Å²) in [4.78, 5) is 32.4. The van der Waals surface area contributed by atoms with Gasteiger partial charge in [0.05, 0.1) is 26.7 Å². The number of benzene rings is 1. The van der Waals surface area contributed by atoms with Gasteiger partial charge in [0.2, 0.25) is 0 Å². The van der Waals surface area contributed by atoms with Crippen LogP contribution in [0.5, 0.6) is 0 Å². The Morgan fingerprint density at radius 3 is 1.50 bits per heavy atom. The van der Waals surface area contributed by atoms with Crippen LogP contribution in [0.4, 0.5) is 0 Å². The number of hydrogen-bond acceptors (Lipinski definition) is 3. The maximum Gasteiger partial charge on any atom is 0.338 e. The van der Waals surface area contributed by atoms with E-state index in [1.807, 2.05) is 0 Å². The smallest absolute Gasteiger partial charge is 0.338 e. The lowest BCUT2D eigenvalue weighted by atomic mass is 10.0. The Balaban J connectivity index is -0.000000963. The largest absolute Gasteiger partial charge is 0.478 e. The zero-order chi connectivity index (χ0) is 13.3. The van der Waals surface area contributed by atoms with Crippen molar-refractivity contribution in [3.8, 4) is 0 Å². The summed E-state index contributed by atoms with van der Waals surface area (Å²) in [7, 11) is 0. The summed E-state index contributed by atoms with van der Waals surface area (Å²) >= 11 is 11.1. The maximum absolute atomic E-state index is 10.9. The fourth-order valence-electron chi connectivity index (χ4n) is 1.19. The lowest BCUT2D eigenvalue weighted by Gasteiger charge is -2.08. The van der Waals surface area contributed by atoms with E-state index in [1.165, 1.54) is 0 Å². The molecule has 0 bridgehead atoms. The van der Waals surface area contributed by atoms with Gasteiger partial charge in [-0.05, 0) is 6.07 Å². The summed E-state index contributed by atoms with van der Waals surface area (Å²) in [6.07, 6.45) is 0. The third-order valence-corrected chi connectivity index (χ3v) is 2.56. The second-order valence-electron chi connectivity index (χ2n) is 2.89. The van der Waals surface area contributed by atoms with Gasteiger partial charge < -0.3 is 15.3 Å². The highest BCUT2D eigenvalue weighted by Crippen LogP contribution is 2.31. The third-order valence-electron chi connectivity index (χ3n) is 1.87. The summed E-state index contributed by atoms with van der Waals surface area (Å²) in [5.74, 6) is -4.78. The number of halogens is 5. The van der Waals surface area contributed by atoms with Crippen molar-refractivity contribution in [2.45, 2.75) is 0 Å². The monoisotopic (exact) mass is 386 g/mol. The van der Waals surface area contributed by atoms with Crippen molar-refractivity contribution in [1.29, 1.82) is 0 Å². The molecule has 0 aliphatic heterocycles. The van der Waals surface area contributed by atoms with Crippen molar-refractivity contribution in [1.82, 2.24) is 0 Å². The van der Waals surface area contributed by atoms with Gasteiger partial charge in [0.15, 0.2) is 0 Å². The first-order valence-electron chi connectivity index (χ1n) is 3.99. The zero-order valence-corrected chi connectivity index (χ0v) is 13.1. The Hall–Kier alpha value is -0.920. The first-order valence-corrected chi connectivity index (χ1v) is 4.74. The number of aromatic carboxylic acids is 3. The van der Waals surface area contributed by atoms with Crippen LogP contribution >= 0.6 is 60.4 Å². The molecule has 11 heteroatoms. The number of carbonyl (C=O) groups is 3. The van der Waals surface area contributed by atoms with E-state index in [0.717, 1.165) is 6.07 Å². The van der Waals surface area contributed by atoms with Gasteiger partial charge in [0.1, 0.15) is 0 Å². The fraction of sp³-hybridized carbons (Fsp3) is 0. The SMILES string of the molecule is Cl.Cl.Cl.O=C(O)c1cc(Cl)c(C(=O)O)c(C(=O)O)c1Cl. The van der Waals surface area contributed by atoms with Gasteiger partial charge in [0.25, 0.3) is 0 Å². The second-order valence-corrected chi connectivity index (χ2v) is 3.67. The molecule has 114 valence electrons. The van der Waals surface area contributed by atoms with Crippen molar-refractivity contribution in [3.63, 3.8) is 0 Å². The Labute approximate surface area is 140 Å². The van der Waals surface area contributed by atoms with Crippen LogP contribution in [-0.4, -0.2) is 33.2 Å². The van der Waals surface area contributed by atoms with Gasteiger partial charge in [-0.2, -0.15) is 0 Å².